The molecule has 1 aliphatic rings. The number of phenolic OH excluding ortho intramolecular Hbond substituents is 1. The lowest BCUT2D eigenvalue weighted by Crippen LogP contribution is -2.32. The van der Waals surface area contributed by atoms with Gasteiger partial charge in [0.15, 0.2) is 0 Å². The van der Waals surface area contributed by atoms with E-state index >= 15 is 0 Å². The molecular weight excluding hydrogens is 414 g/mol. The van der Waals surface area contributed by atoms with Crippen LogP contribution in [0.15, 0.2) is 59.7 Å². The largest absolute Gasteiger partial charge is 0.506 e. The van der Waals surface area contributed by atoms with Gasteiger partial charge in [-0.1, -0.05) is 41.9 Å². The topological polar surface area (TPSA) is 90.7 Å². The first-order valence-electron chi connectivity index (χ1n) is 10.1. The molecule has 3 aromatic rings. The Labute approximate surface area is 185 Å². The fourth-order valence-corrected chi connectivity index (χ4v) is 3.56. The Hall–Kier alpha value is -3.45. The van der Waals surface area contributed by atoms with Gasteiger partial charge in [0.05, 0.1) is 16.9 Å². The zero-order valence-electron chi connectivity index (χ0n) is 16.8. The van der Waals surface area contributed by atoms with Crippen molar-refractivity contribution in [3.8, 4) is 17.0 Å². The zero-order valence-corrected chi connectivity index (χ0v) is 17.6. The molecule has 1 aliphatic heterocycles. The summed E-state index contributed by atoms with van der Waals surface area (Å²) in [7, 11) is 0. The summed E-state index contributed by atoms with van der Waals surface area (Å²) in [6, 6.07) is 16.1. The van der Waals surface area contributed by atoms with Gasteiger partial charge in [0, 0.05) is 18.7 Å². The molecule has 0 radical (unpaired) electrons. The van der Waals surface area contributed by atoms with E-state index in [4.69, 9.17) is 16.6 Å². The number of halogens is 1. The van der Waals surface area contributed by atoms with Crippen LogP contribution >= 0.6 is 11.6 Å². The molecule has 2 N–H and O–H groups in total. The van der Waals surface area contributed by atoms with Crippen molar-refractivity contribution in [2.75, 3.05) is 18.0 Å². The molecule has 0 saturated carbocycles. The third kappa shape index (κ3) is 5.19. The molecule has 1 saturated heterocycles. The molecule has 0 spiro atoms. The highest BCUT2D eigenvalue weighted by molar-refractivity contribution is 6.32. The van der Waals surface area contributed by atoms with Gasteiger partial charge in [0.25, 0.3) is 5.91 Å². The number of hydrogen-bond acceptors (Lipinski definition) is 6. The van der Waals surface area contributed by atoms with E-state index in [2.05, 4.69) is 20.4 Å². The Kier molecular flexibility index (Phi) is 6.43. The number of nitrogens with one attached hydrogen (secondary N) is 1. The molecule has 0 atom stereocenters. The van der Waals surface area contributed by atoms with E-state index < -0.39 is 5.91 Å². The molecule has 1 amide bonds. The number of phenols is 1. The van der Waals surface area contributed by atoms with Gasteiger partial charge in [-0.15, -0.1) is 0 Å². The average Bonchev–Trinajstić information content (AvgIpc) is 2.82. The van der Waals surface area contributed by atoms with E-state index in [0.29, 0.717) is 17.2 Å². The summed E-state index contributed by atoms with van der Waals surface area (Å²) in [5.74, 6) is 0.113. The minimum Gasteiger partial charge on any atom is -0.506 e. The Morgan fingerprint density at radius 2 is 1.84 bits per heavy atom. The first kappa shape index (κ1) is 20.8. The van der Waals surface area contributed by atoms with Crippen molar-refractivity contribution >= 4 is 29.7 Å². The molecule has 0 bridgehead atoms. The lowest BCUT2D eigenvalue weighted by atomic mass is 10.1. The fraction of sp³-hybridized carbons (Fsp3) is 0.217. The quantitative estimate of drug-likeness (QED) is 0.461. The minimum absolute atomic E-state index is 0.0116. The predicted octanol–water partition coefficient (Wildman–Crippen LogP) is 4.26. The molecular formula is C23H22ClN5O2. The van der Waals surface area contributed by atoms with E-state index in [9.17, 15) is 9.90 Å². The van der Waals surface area contributed by atoms with E-state index in [-0.39, 0.29) is 16.5 Å². The first-order chi connectivity index (χ1) is 15.1. The molecule has 0 aliphatic carbocycles. The van der Waals surface area contributed by atoms with E-state index in [0.717, 1.165) is 31.5 Å². The Morgan fingerprint density at radius 3 is 2.58 bits per heavy atom. The second kappa shape index (κ2) is 9.57. The number of carbonyl (C=O) groups excluding carboxylic acids is 1. The number of hydrazone groups is 1. The summed E-state index contributed by atoms with van der Waals surface area (Å²) in [5, 5.41) is 13.7. The number of aromatic nitrogens is 2. The van der Waals surface area contributed by atoms with Crippen LogP contribution in [0.3, 0.4) is 0 Å². The van der Waals surface area contributed by atoms with Crippen LogP contribution in [0.5, 0.6) is 5.75 Å². The van der Waals surface area contributed by atoms with Crippen molar-refractivity contribution in [2.45, 2.75) is 19.3 Å². The zero-order chi connectivity index (χ0) is 21.6. The number of amides is 1. The van der Waals surface area contributed by atoms with Crippen molar-refractivity contribution in [1.82, 2.24) is 15.4 Å². The Bertz CT molecular complexity index is 1100. The lowest BCUT2D eigenvalue weighted by molar-refractivity contribution is 0.0950. The molecule has 2 aromatic carbocycles. The number of nitrogens with zero attached hydrogens (tertiary/aromatic N) is 4. The van der Waals surface area contributed by atoms with Crippen molar-refractivity contribution < 1.29 is 9.90 Å². The molecule has 31 heavy (non-hydrogen) atoms. The van der Waals surface area contributed by atoms with Gasteiger partial charge in [-0.25, -0.2) is 15.4 Å². The monoisotopic (exact) mass is 435 g/mol. The van der Waals surface area contributed by atoms with Gasteiger partial charge in [-0.05, 0) is 49.1 Å². The highest BCUT2D eigenvalue weighted by atomic mass is 35.5. The number of anilines is 1. The van der Waals surface area contributed by atoms with Crippen molar-refractivity contribution in [1.29, 1.82) is 0 Å². The highest BCUT2D eigenvalue weighted by Crippen LogP contribution is 2.24. The second-order valence-corrected chi connectivity index (χ2v) is 7.67. The van der Waals surface area contributed by atoms with E-state index in [1.165, 1.54) is 18.7 Å². The summed E-state index contributed by atoms with van der Waals surface area (Å²) in [6.45, 7) is 1.75. The maximum atomic E-state index is 12.8. The van der Waals surface area contributed by atoms with Crippen LogP contribution in [0, 0.1) is 0 Å². The van der Waals surface area contributed by atoms with E-state index in [1.807, 2.05) is 30.3 Å². The molecule has 7 nitrogen and oxygen atoms in total. The van der Waals surface area contributed by atoms with Crippen molar-refractivity contribution in [2.24, 2.45) is 5.10 Å². The van der Waals surface area contributed by atoms with Crippen LogP contribution < -0.4 is 10.3 Å². The average molecular weight is 436 g/mol. The summed E-state index contributed by atoms with van der Waals surface area (Å²) >= 11 is 5.90. The van der Waals surface area contributed by atoms with Gasteiger partial charge >= 0.3 is 0 Å². The van der Waals surface area contributed by atoms with Crippen LogP contribution in [-0.4, -0.2) is 40.3 Å². The minimum atomic E-state index is -0.432. The molecule has 0 unspecified atom stereocenters. The summed E-state index contributed by atoms with van der Waals surface area (Å²) in [6.07, 6.45) is 4.81. The number of aromatic hydroxyl groups is 1. The number of hydrogen-bond donors (Lipinski definition) is 2. The first-order valence-corrected chi connectivity index (χ1v) is 10.5. The summed E-state index contributed by atoms with van der Waals surface area (Å²) in [5.41, 5.74) is 5.00. The van der Waals surface area contributed by atoms with Gasteiger partial charge in [0.1, 0.15) is 11.4 Å². The number of piperidine rings is 1. The smallest absolute Gasteiger partial charge is 0.290 e. The van der Waals surface area contributed by atoms with Crippen LogP contribution in [-0.2, 0) is 0 Å². The predicted molar refractivity (Wildman–Crippen MR) is 122 cm³/mol. The maximum absolute atomic E-state index is 12.8. The normalized spacial score (nSPS) is 14.0. The third-order valence-electron chi connectivity index (χ3n) is 5.01. The second-order valence-electron chi connectivity index (χ2n) is 7.26. The SMILES string of the molecule is O=C(N/N=C/c1ccc(O)c(Cl)c1)c1cc(-c2ccccc2)nc(N2CCCCC2)n1. The number of carbonyl (C=O) groups is 1. The number of rotatable bonds is 5. The maximum Gasteiger partial charge on any atom is 0.290 e. The lowest BCUT2D eigenvalue weighted by Gasteiger charge is -2.27. The van der Waals surface area contributed by atoms with Gasteiger partial charge < -0.3 is 10.0 Å². The molecule has 8 heteroatoms. The van der Waals surface area contributed by atoms with E-state index in [1.54, 1.807) is 18.2 Å². The van der Waals surface area contributed by atoms with Crippen molar-refractivity contribution in [3.05, 3.63) is 70.9 Å². The van der Waals surface area contributed by atoms with Gasteiger partial charge in [-0.3, -0.25) is 4.79 Å². The van der Waals surface area contributed by atoms with Gasteiger partial charge in [-0.2, -0.15) is 5.10 Å². The molecule has 1 aromatic heterocycles. The molecule has 158 valence electrons. The highest BCUT2D eigenvalue weighted by Gasteiger charge is 2.18. The van der Waals surface area contributed by atoms with Crippen molar-refractivity contribution in [3.63, 3.8) is 0 Å². The fourth-order valence-electron chi connectivity index (χ4n) is 3.37. The molecule has 2 heterocycles. The van der Waals surface area contributed by atoms with Crippen LogP contribution in [0.4, 0.5) is 5.95 Å². The summed E-state index contributed by atoms with van der Waals surface area (Å²) < 4.78 is 0. The third-order valence-corrected chi connectivity index (χ3v) is 5.31. The number of benzene rings is 2. The molecule has 1 fully saturated rings. The van der Waals surface area contributed by atoms with Crippen LogP contribution in [0.1, 0.15) is 35.3 Å². The van der Waals surface area contributed by atoms with Gasteiger partial charge in [0.2, 0.25) is 5.95 Å². The Morgan fingerprint density at radius 1 is 1.06 bits per heavy atom. The van der Waals surface area contributed by atoms with Crippen LogP contribution in [0.2, 0.25) is 5.02 Å². The Balaban J connectivity index is 1.58. The molecule has 4 rings (SSSR count). The van der Waals surface area contributed by atoms with Crippen LogP contribution in [0.25, 0.3) is 11.3 Å². The standard InChI is InChI=1S/C23H22ClN5O2/c24-18-13-16(9-10-21(18)30)15-25-28-22(31)20-14-19(17-7-3-1-4-8-17)26-23(27-20)29-11-5-2-6-12-29/h1,3-4,7-10,13-15,30H,2,5-6,11-12H2,(H,28,31)/b25-15+. The summed E-state index contributed by atoms with van der Waals surface area (Å²) in [4.78, 5) is 24.1.